The number of aromatic hydroxyl groups is 2. The van der Waals surface area contributed by atoms with E-state index in [-0.39, 0.29) is 29.8 Å². The van der Waals surface area contributed by atoms with E-state index in [1.807, 2.05) is 0 Å². The minimum Gasteiger partial charge on any atom is -0.508 e. The number of phenols is 2. The molecule has 1 saturated carbocycles. The minimum atomic E-state index is -2.05. The van der Waals surface area contributed by atoms with Crippen LogP contribution in [0.5, 0.6) is 17.2 Å². The van der Waals surface area contributed by atoms with Gasteiger partial charge in [0, 0.05) is 30.7 Å². The van der Waals surface area contributed by atoms with Gasteiger partial charge in [-0.1, -0.05) is 17.7 Å². The van der Waals surface area contributed by atoms with Gasteiger partial charge in [-0.2, -0.15) is 0 Å². The Labute approximate surface area is 248 Å². The molecule has 2 aliphatic heterocycles. The highest BCUT2D eigenvalue weighted by atomic mass is 35.5. The molecule has 6 unspecified atom stereocenters. The molecule has 2 aromatic rings. The Kier molecular flexibility index (Phi) is 6.15. The predicted octanol–water partition coefficient (Wildman–Crippen LogP) is 3.00. The third-order valence-corrected chi connectivity index (χ3v) is 10.4. The molecule has 13 heteroatoms. The number of methoxy groups -OCH3 is 1. The SMILES string of the molecule is COc1ccc(C2C3=CCC4C(=O)N(c5ccc(C(=O)O)c(O)c5)C(=O)C4C3CC3(Cl)C(=O)N(C)C(=O)C23Cl)c(O)c1. The number of anilines is 1. The molecule has 3 fully saturated rings. The Morgan fingerprint density at radius 1 is 0.976 bits per heavy atom. The molecule has 2 aliphatic carbocycles. The number of likely N-dealkylation sites (tertiary alicyclic amines) is 1. The first kappa shape index (κ1) is 28.0. The molecule has 2 saturated heterocycles. The van der Waals surface area contributed by atoms with Crippen LogP contribution in [0.15, 0.2) is 48.0 Å². The average molecular weight is 615 g/mol. The lowest BCUT2D eigenvalue weighted by Gasteiger charge is -2.50. The lowest BCUT2D eigenvalue weighted by Crippen LogP contribution is -2.60. The first-order valence-corrected chi connectivity index (χ1v) is 13.7. The summed E-state index contributed by atoms with van der Waals surface area (Å²) in [6.07, 6.45) is 1.57. The van der Waals surface area contributed by atoms with Crippen LogP contribution in [0.1, 0.15) is 34.7 Å². The van der Waals surface area contributed by atoms with Gasteiger partial charge in [-0.05, 0) is 37.0 Å². The number of rotatable bonds is 4. The first-order chi connectivity index (χ1) is 19.8. The smallest absolute Gasteiger partial charge is 0.339 e. The number of alkyl halides is 2. The Morgan fingerprint density at radius 3 is 2.31 bits per heavy atom. The number of fused-ring (bicyclic) bond motifs is 4. The number of hydrogen-bond donors (Lipinski definition) is 3. The van der Waals surface area contributed by atoms with Crippen molar-refractivity contribution in [3.63, 3.8) is 0 Å². The quantitative estimate of drug-likeness (QED) is 0.267. The number of carboxylic acids is 1. The Hall–Kier alpha value is -4.09. The maximum Gasteiger partial charge on any atom is 0.339 e. The summed E-state index contributed by atoms with van der Waals surface area (Å²) in [7, 11) is 2.68. The van der Waals surface area contributed by atoms with E-state index < -0.39 is 74.3 Å². The fraction of sp³-hybridized carbons (Fsp3) is 0.345. The molecule has 2 heterocycles. The van der Waals surface area contributed by atoms with Crippen LogP contribution in [-0.2, 0) is 19.2 Å². The predicted molar refractivity (Wildman–Crippen MR) is 148 cm³/mol. The second kappa shape index (κ2) is 9.20. The third kappa shape index (κ3) is 3.43. The fourth-order valence-corrected chi connectivity index (χ4v) is 8.09. The van der Waals surface area contributed by atoms with Crippen LogP contribution in [0, 0.1) is 17.8 Å². The molecule has 4 aliphatic rings. The molecule has 11 nitrogen and oxygen atoms in total. The molecule has 0 radical (unpaired) electrons. The molecule has 6 atom stereocenters. The van der Waals surface area contributed by atoms with E-state index in [2.05, 4.69) is 0 Å². The molecule has 0 spiro atoms. The van der Waals surface area contributed by atoms with Crippen molar-refractivity contribution in [2.75, 3.05) is 19.1 Å². The minimum absolute atomic E-state index is 0.0114. The van der Waals surface area contributed by atoms with Crippen molar-refractivity contribution >= 4 is 58.5 Å². The number of imide groups is 2. The molecule has 6 rings (SSSR count). The lowest BCUT2D eigenvalue weighted by atomic mass is 9.56. The van der Waals surface area contributed by atoms with E-state index in [4.69, 9.17) is 27.9 Å². The van der Waals surface area contributed by atoms with Crippen LogP contribution in [-0.4, -0.2) is 73.7 Å². The maximum absolute atomic E-state index is 14.0. The van der Waals surface area contributed by atoms with Gasteiger partial charge >= 0.3 is 5.97 Å². The van der Waals surface area contributed by atoms with Crippen molar-refractivity contribution in [2.45, 2.75) is 28.5 Å². The highest BCUT2D eigenvalue weighted by molar-refractivity contribution is 6.53. The number of carbonyl (C=O) groups is 5. The summed E-state index contributed by atoms with van der Waals surface area (Å²) < 4.78 is 5.20. The molecule has 2 aromatic carbocycles. The number of nitrogens with zero attached hydrogens (tertiary/aromatic N) is 2. The van der Waals surface area contributed by atoms with Gasteiger partial charge in [-0.25, -0.2) is 9.69 Å². The number of hydrogen-bond acceptors (Lipinski definition) is 8. The Bertz CT molecular complexity index is 1660. The van der Waals surface area contributed by atoms with Crippen LogP contribution in [0.25, 0.3) is 0 Å². The number of benzene rings is 2. The normalized spacial score (nSPS) is 32.0. The topological polar surface area (TPSA) is 162 Å². The Balaban J connectivity index is 1.49. The number of aromatic carboxylic acids is 1. The summed E-state index contributed by atoms with van der Waals surface area (Å²) in [6, 6.07) is 7.80. The molecule has 3 N–H and O–H groups in total. The number of carbonyl (C=O) groups excluding carboxylic acids is 4. The maximum atomic E-state index is 14.0. The molecule has 42 heavy (non-hydrogen) atoms. The van der Waals surface area contributed by atoms with Crippen LogP contribution in [0.4, 0.5) is 5.69 Å². The van der Waals surface area contributed by atoms with Crippen molar-refractivity contribution in [1.82, 2.24) is 4.90 Å². The summed E-state index contributed by atoms with van der Waals surface area (Å²) in [6.45, 7) is 0. The monoisotopic (exact) mass is 614 g/mol. The van der Waals surface area contributed by atoms with Gasteiger partial charge in [0.2, 0.25) is 11.8 Å². The number of allylic oxidation sites excluding steroid dienone is 2. The zero-order valence-electron chi connectivity index (χ0n) is 22.2. The summed E-state index contributed by atoms with van der Waals surface area (Å²) in [4.78, 5) is 63.8. The fourth-order valence-electron chi connectivity index (χ4n) is 7.08. The molecular formula is C29H24Cl2N2O9. The van der Waals surface area contributed by atoms with E-state index >= 15 is 0 Å². The van der Waals surface area contributed by atoms with Gasteiger partial charge in [0.1, 0.15) is 22.8 Å². The molecule has 0 bridgehead atoms. The van der Waals surface area contributed by atoms with E-state index in [1.165, 1.54) is 32.4 Å². The third-order valence-electron chi connectivity index (χ3n) is 9.03. The van der Waals surface area contributed by atoms with Crippen molar-refractivity contribution < 1.29 is 44.0 Å². The summed E-state index contributed by atoms with van der Waals surface area (Å²) in [5.41, 5.74) is 0.281. The molecular weight excluding hydrogens is 591 g/mol. The number of carboxylic acid groups (broad SMARTS) is 1. The Morgan fingerprint density at radius 2 is 1.69 bits per heavy atom. The van der Waals surface area contributed by atoms with Crippen LogP contribution < -0.4 is 9.64 Å². The molecule has 0 aromatic heterocycles. The number of halogens is 2. The largest absolute Gasteiger partial charge is 0.508 e. The second-order valence-electron chi connectivity index (χ2n) is 10.9. The van der Waals surface area contributed by atoms with Crippen LogP contribution in [0.3, 0.4) is 0 Å². The van der Waals surface area contributed by atoms with Crippen molar-refractivity contribution in [2.24, 2.45) is 17.8 Å². The summed E-state index contributed by atoms with van der Waals surface area (Å²) in [5, 5.41) is 30.5. The zero-order valence-corrected chi connectivity index (χ0v) is 23.7. The summed E-state index contributed by atoms with van der Waals surface area (Å²) in [5.74, 6) is -8.47. The van der Waals surface area contributed by atoms with E-state index in [0.717, 1.165) is 21.9 Å². The van der Waals surface area contributed by atoms with Gasteiger partial charge in [0.15, 0.2) is 9.75 Å². The van der Waals surface area contributed by atoms with Crippen molar-refractivity contribution in [3.05, 3.63) is 59.2 Å². The number of amides is 4. The van der Waals surface area contributed by atoms with Gasteiger partial charge in [0.25, 0.3) is 11.8 Å². The average Bonchev–Trinajstić information content (AvgIpc) is 3.28. The first-order valence-electron chi connectivity index (χ1n) is 13.0. The van der Waals surface area contributed by atoms with Crippen LogP contribution >= 0.6 is 23.2 Å². The van der Waals surface area contributed by atoms with Gasteiger partial charge in [-0.3, -0.25) is 24.1 Å². The molecule has 4 amide bonds. The van der Waals surface area contributed by atoms with Crippen LogP contribution in [0.2, 0.25) is 0 Å². The lowest BCUT2D eigenvalue weighted by molar-refractivity contribution is -0.138. The van der Waals surface area contributed by atoms with E-state index in [9.17, 15) is 39.3 Å². The summed E-state index contributed by atoms with van der Waals surface area (Å²) >= 11 is 14.2. The molecule has 218 valence electrons. The zero-order chi connectivity index (χ0) is 30.5. The van der Waals surface area contributed by atoms with Gasteiger partial charge in [0.05, 0.1) is 24.6 Å². The van der Waals surface area contributed by atoms with Gasteiger partial charge in [-0.15, -0.1) is 23.2 Å². The number of ether oxygens (including phenoxy) is 1. The van der Waals surface area contributed by atoms with E-state index in [0.29, 0.717) is 11.3 Å². The second-order valence-corrected chi connectivity index (χ2v) is 12.2. The van der Waals surface area contributed by atoms with Crippen molar-refractivity contribution in [3.8, 4) is 17.2 Å². The number of phenolic OH excluding ortho intramolecular Hbond substituents is 1. The van der Waals surface area contributed by atoms with Gasteiger partial charge < -0.3 is 20.1 Å². The van der Waals surface area contributed by atoms with E-state index in [1.54, 1.807) is 12.1 Å². The highest BCUT2D eigenvalue weighted by Crippen LogP contribution is 2.66. The standard InChI is InChI=1S/C29H24Cl2N2O9/c1-32-26(40)28(30)11-18-14(22(29(28,31)27(32)41)15-6-4-13(42-2)10-20(15)35)7-8-17-21(18)24(37)33(23(17)36)12-3-5-16(25(38)39)19(34)9-12/h3-7,9-10,17-18,21-22,34-35H,8,11H2,1-2H3,(H,38,39). The highest BCUT2D eigenvalue weighted by Gasteiger charge is 2.76. The van der Waals surface area contributed by atoms with Crippen molar-refractivity contribution in [1.29, 1.82) is 0 Å².